The summed E-state index contributed by atoms with van der Waals surface area (Å²) in [6.45, 7) is 9.86. The highest BCUT2D eigenvalue weighted by Crippen LogP contribution is 2.33. The molecule has 0 amide bonds. The fraction of sp³-hybridized carbons (Fsp3) is 1.00. The molecule has 1 heterocycles. The van der Waals surface area contributed by atoms with Gasteiger partial charge in [0, 0.05) is 0 Å². The molecule has 1 atom stereocenters. The van der Waals surface area contributed by atoms with Crippen molar-refractivity contribution < 1.29 is 4.74 Å². The Morgan fingerprint density at radius 1 is 1.40 bits per heavy atom. The average molecular weight is 142 g/mol. The molecule has 1 rings (SSSR count). The summed E-state index contributed by atoms with van der Waals surface area (Å²) in [6.07, 6.45) is 1.23. The largest absolute Gasteiger partial charge is 0.375 e. The molecule has 0 N–H and O–H groups in total. The summed E-state index contributed by atoms with van der Waals surface area (Å²) in [5.74, 6) is 1.57. The topological polar surface area (TPSA) is 9.23 Å². The Morgan fingerprint density at radius 3 is 2.20 bits per heavy atom. The molecule has 1 nitrogen and oxygen atoms in total. The third-order valence-electron chi connectivity index (χ3n) is 2.38. The third kappa shape index (κ3) is 1.72. The lowest BCUT2D eigenvalue weighted by molar-refractivity contribution is 0.0342. The van der Waals surface area contributed by atoms with Crippen LogP contribution in [-0.4, -0.2) is 12.2 Å². The van der Waals surface area contributed by atoms with Crippen LogP contribution in [0.3, 0.4) is 0 Å². The molecule has 1 unspecified atom stereocenters. The minimum atomic E-state index is 0.148. The summed E-state index contributed by atoms with van der Waals surface area (Å²) < 4.78 is 5.61. The van der Waals surface area contributed by atoms with Gasteiger partial charge in [0.2, 0.25) is 0 Å². The Morgan fingerprint density at radius 2 is 2.00 bits per heavy atom. The molecule has 60 valence electrons. The van der Waals surface area contributed by atoms with Crippen molar-refractivity contribution in [1.82, 2.24) is 0 Å². The van der Waals surface area contributed by atoms with Gasteiger partial charge in [0.1, 0.15) is 0 Å². The highest BCUT2D eigenvalue weighted by molar-refractivity contribution is 4.82. The van der Waals surface area contributed by atoms with Crippen molar-refractivity contribution in [1.29, 1.82) is 0 Å². The van der Waals surface area contributed by atoms with Crippen molar-refractivity contribution in [2.75, 3.05) is 6.61 Å². The van der Waals surface area contributed by atoms with Crippen molar-refractivity contribution in [2.45, 2.75) is 39.7 Å². The standard InChI is InChI=1S/C9H18O/c1-7(2)8-5-9(3,4)10-6-8/h7-8H,5-6H2,1-4H3. The normalized spacial score (nSPS) is 31.5. The predicted octanol–water partition coefficient (Wildman–Crippen LogP) is 2.46. The van der Waals surface area contributed by atoms with Gasteiger partial charge in [-0.2, -0.15) is 0 Å². The summed E-state index contributed by atoms with van der Waals surface area (Å²) in [4.78, 5) is 0. The van der Waals surface area contributed by atoms with Crippen LogP contribution in [0.5, 0.6) is 0 Å². The Hall–Kier alpha value is -0.0400. The predicted molar refractivity (Wildman–Crippen MR) is 43.0 cm³/mol. The maximum atomic E-state index is 5.61. The highest BCUT2D eigenvalue weighted by Gasteiger charge is 2.33. The Balaban J connectivity index is 2.43. The second-order valence-electron chi connectivity index (χ2n) is 4.28. The molecular formula is C9H18O. The van der Waals surface area contributed by atoms with Gasteiger partial charge in [0.05, 0.1) is 12.2 Å². The van der Waals surface area contributed by atoms with E-state index in [9.17, 15) is 0 Å². The van der Waals surface area contributed by atoms with Crippen LogP contribution in [-0.2, 0) is 4.74 Å². The second kappa shape index (κ2) is 2.54. The summed E-state index contributed by atoms with van der Waals surface area (Å²) in [6, 6.07) is 0. The van der Waals surface area contributed by atoms with Crippen LogP contribution in [0.25, 0.3) is 0 Å². The van der Waals surface area contributed by atoms with E-state index in [1.54, 1.807) is 0 Å². The summed E-state index contributed by atoms with van der Waals surface area (Å²) in [5, 5.41) is 0. The van der Waals surface area contributed by atoms with Gasteiger partial charge in [-0.1, -0.05) is 13.8 Å². The first-order chi connectivity index (χ1) is 4.51. The molecule has 1 heteroatoms. The number of hydrogen-bond acceptors (Lipinski definition) is 1. The van der Waals surface area contributed by atoms with E-state index in [1.807, 2.05) is 0 Å². The first-order valence-electron chi connectivity index (χ1n) is 4.15. The maximum absolute atomic E-state index is 5.61. The van der Waals surface area contributed by atoms with Crippen LogP contribution in [0.15, 0.2) is 0 Å². The zero-order valence-corrected chi connectivity index (χ0v) is 7.48. The van der Waals surface area contributed by atoms with E-state index in [0.717, 1.165) is 18.4 Å². The minimum absolute atomic E-state index is 0.148. The van der Waals surface area contributed by atoms with Crippen LogP contribution in [0.1, 0.15) is 34.1 Å². The molecule has 1 aliphatic rings. The third-order valence-corrected chi connectivity index (χ3v) is 2.38. The minimum Gasteiger partial charge on any atom is -0.375 e. The number of rotatable bonds is 1. The number of hydrogen-bond donors (Lipinski definition) is 0. The zero-order valence-electron chi connectivity index (χ0n) is 7.48. The van der Waals surface area contributed by atoms with E-state index in [1.165, 1.54) is 6.42 Å². The van der Waals surface area contributed by atoms with E-state index < -0.39 is 0 Å². The first-order valence-corrected chi connectivity index (χ1v) is 4.15. The summed E-state index contributed by atoms with van der Waals surface area (Å²) in [5.41, 5.74) is 0.148. The molecule has 0 aromatic rings. The van der Waals surface area contributed by atoms with Crippen LogP contribution >= 0.6 is 0 Å². The van der Waals surface area contributed by atoms with Crippen LogP contribution in [0, 0.1) is 11.8 Å². The lowest BCUT2D eigenvalue weighted by Crippen LogP contribution is -2.17. The smallest absolute Gasteiger partial charge is 0.0630 e. The molecule has 0 aromatic heterocycles. The van der Waals surface area contributed by atoms with Crippen molar-refractivity contribution in [3.05, 3.63) is 0 Å². The quantitative estimate of drug-likeness (QED) is 0.546. The van der Waals surface area contributed by atoms with Gasteiger partial charge in [-0.25, -0.2) is 0 Å². The molecule has 1 saturated heterocycles. The monoisotopic (exact) mass is 142 g/mol. The van der Waals surface area contributed by atoms with Crippen molar-refractivity contribution in [2.24, 2.45) is 11.8 Å². The maximum Gasteiger partial charge on any atom is 0.0630 e. The van der Waals surface area contributed by atoms with Crippen molar-refractivity contribution >= 4 is 0 Å². The molecule has 0 aliphatic carbocycles. The van der Waals surface area contributed by atoms with Gasteiger partial charge < -0.3 is 4.74 Å². The molecule has 0 spiro atoms. The summed E-state index contributed by atoms with van der Waals surface area (Å²) in [7, 11) is 0. The first kappa shape index (κ1) is 8.06. The van der Waals surface area contributed by atoms with Gasteiger partial charge in [-0.15, -0.1) is 0 Å². The SMILES string of the molecule is CC(C)C1COC(C)(C)C1. The zero-order chi connectivity index (χ0) is 7.78. The lowest BCUT2D eigenvalue weighted by atomic mass is 9.89. The molecule has 10 heavy (non-hydrogen) atoms. The lowest BCUT2D eigenvalue weighted by Gasteiger charge is -2.16. The molecule has 0 radical (unpaired) electrons. The Bertz CT molecular complexity index is 116. The Kier molecular flexibility index (Phi) is 2.04. The molecule has 0 bridgehead atoms. The molecule has 1 fully saturated rings. The van der Waals surface area contributed by atoms with Crippen LogP contribution < -0.4 is 0 Å². The molecule has 1 aliphatic heterocycles. The van der Waals surface area contributed by atoms with Gasteiger partial charge >= 0.3 is 0 Å². The number of ether oxygens (including phenoxy) is 1. The molecule has 0 saturated carbocycles. The van der Waals surface area contributed by atoms with E-state index in [4.69, 9.17) is 4.74 Å². The van der Waals surface area contributed by atoms with Crippen LogP contribution in [0.4, 0.5) is 0 Å². The second-order valence-corrected chi connectivity index (χ2v) is 4.28. The van der Waals surface area contributed by atoms with E-state index in [0.29, 0.717) is 0 Å². The molecule has 0 aromatic carbocycles. The van der Waals surface area contributed by atoms with Gasteiger partial charge in [-0.3, -0.25) is 0 Å². The van der Waals surface area contributed by atoms with Crippen molar-refractivity contribution in [3.63, 3.8) is 0 Å². The van der Waals surface area contributed by atoms with Gasteiger partial charge in [0.15, 0.2) is 0 Å². The van der Waals surface area contributed by atoms with Gasteiger partial charge in [0.25, 0.3) is 0 Å². The fourth-order valence-corrected chi connectivity index (χ4v) is 1.51. The fourth-order valence-electron chi connectivity index (χ4n) is 1.51. The van der Waals surface area contributed by atoms with Crippen LogP contribution in [0.2, 0.25) is 0 Å². The van der Waals surface area contributed by atoms with Crippen molar-refractivity contribution in [3.8, 4) is 0 Å². The molecular weight excluding hydrogens is 124 g/mol. The highest BCUT2D eigenvalue weighted by atomic mass is 16.5. The van der Waals surface area contributed by atoms with E-state index in [-0.39, 0.29) is 5.60 Å². The van der Waals surface area contributed by atoms with E-state index in [2.05, 4.69) is 27.7 Å². The Labute approximate surface area is 63.8 Å². The van der Waals surface area contributed by atoms with E-state index >= 15 is 0 Å². The summed E-state index contributed by atoms with van der Waals surface area (Å²) >= 11 is 0. The average Bonchev–Trinajstić information content (AvgIpc) is 2.10. The van der Waals surface area contributed by atoms with Gasteiger partial charge in [-0.05, 0) is 32.1 Å².